The van der Waals surface area contributed by atoms with Gasteiger partial charge in [0.1, 0.15) is 0 Å². The Bertz CT molecular complexity index is 897. The Labute approximate surface area is 158 Å². The highest BCUT2D eigenvalue weighted by Crippen LogP contribution is 2.37. The van der Waals surface area contributed by atoms with Crippen molar-refractivity contribution in [2.75, 3.05) is 0 Å². The molecule has 0 fully saturated rings. The number of rotatable bonds is 3. The van der Waals surface area contributed by atoms with E-state index in [0.717, 1.165) is 22.9 Å². The first-order valence-electron chi connectivity index (χ1n) is 9.48. The van der Waals surface area contributed by atoms with Gasteiger partial charge in [0.05, 0.1) is 6.61 Å². The van der Waals surface area contributed by atoms with Crippen molar-refractivity contribution >= 4 is 30.6 Å². The quantitative estimate of drug-likeness (QED) is 0.614. The molecule has 2 aromatic rings. The van der Waals surface area contributed by atoms with Gasteiger partial charge in [-0.25, -0.2) is 0 Å². The molecule has 3 rings (SSSR count). The lowest BCUT2D eigenvalue weighted by Gasteiger charge is -2.36. The van der Waals surface area contributed by atoms with Crippen molar-refractivity contribution in [1.82, 2.24) is 4.57 Å². The van der Waals surface area contributed by atoms with Crippen molar-refractivity contribution in [3.8, 4) is 0 Å². The summed E-state index contributed by atoms with van der Waals surface area (Å²) in [6, 6.07) is 6.43. The Kier molecular flexibility index (Phi) is 4.78. The molecule has 0 N–H and O–H groups in total. The smallest absolute Gasteiger partial charge is 0.192 e. The van der Waals surface area contributed by atoms with E-state index in [1.165, 1.54) is 16.8 Å². The Balaban J connectivity index is 2.00. The van der Waals surface area contributed by atoms with Crippen molar-refractivity contribution in [2.45, 2.75) is 65.3 Å². The summed E-state index contributed by atoms with van der Waals surface area (Å²) >= 11 is 0. The number of hydrogen-bond acceptors (Lipinski definition) is 2. The second-order valence-electron chi connectivity index (χ2n) is 9.05. The van der Waals surface area contributed by atoms with Crippen LogP contribution in [0.5, 0.6) is 0 Å². The highest BCUT2D eigenvalue weighted by molar-refractivity contribution is 6.74. The van der Waals surface area contributed by atoms with E-state index in [9.17, 15) is 4.79 Å². The lowest BCUT2D eigenvalue weighted by atomic mass is 9.97. The molecular formula is C22H31NO2Si. The molecule has 0 bridgehead atoms. The average Bonchev–Trinajstić information content (AvgIpc) is 2.78. The minimum atomic E-state index is -1.79. The number of carbonyl (C=O) groups excluding carboxylic acids is 1. The van der Waals surface area contributed by atoms with Crippen molar-refractivity contribution in [3.63, 3.8) is 0 Å². The topological polar surface area (TPSA) is 31.2 Å². The number of ketones is 1. The Morgan fingerprint density at radius 3 is 2.50 bits per heavy atom. The van der Waals surface area contributed by atoms with Gasteiger partial charge in [-0.1, -0.05) is 26.8 Å². The van der Waals surface area contributed by atoms with Crippen LogP contribution in [0.2, 0.25) is 18.1 Å². The summed E-state index contributed by atoms with van der Waals surface area (Å²) in [5.41, 5.74) is 5.48. The summed E-state index contributed by atoms with van der Waals surface area (Å²) in [5.74, 6) is 0.248. The van der Waals surface area contributed by atoms with Crippen LogP contribution < -0.4 is 0 Å². The van der Waals surface area contributed by atoms with Crippen molar-refractivity contribution in [1.29, 1.82) is 0 Å². The van der Waals surface area contributed by atoms with E-state index in [-0.39, 0.29) is 10.8 Å². The van der Waals surface area contributed by atoms with Gasteiger partial charge >= 0.3 is 0 Å². The van der Waals surface area contributed by atoms with Crippen LogP contribution in [-0.2, 0) is 18.1 Å². The van der Waals surface area contributed by atoms with E-state index in [4.69, 9.17) is 4.43 Å². The fourth-order valence-corrected chi connectivity index (χ4v) is 4.21. The van der Waals surface area contributed by atoms with Gasteiger partial charge in [0.15, 0.2) is 14.1 Å². The number of Topliss-reactive ketones (excluding diaryl/α,β-unsaturated/α-hetero) is 1. The van der Waals surface area contributed by atoms with Crippen LogP contribution in [0.25, 0.3) is 16.5 Å². The van der Waals surface area contributed by atoms with E-state index in [1.54, 1.807) is 0 Å². The summed E-state index contributed by atoms with van der Waals surface area (Å²) in [7, 11) is 0.304. The molecule has 1 aromatic heterocycles. The second-order valence-corrected chi connectivity index (χ2v) is 13.9. The van der Waals surface area contributed by atoms with E-state index < -0.39 is 8.32 Å². The minimum absolute atomic E-state index is 0.198. The van der Waals surface area contributed by atoms with Gasteiger partial charge in [-0.3, -0.25) is 4.79 Å². The van der Waals surface area contributed by atoms with Gasteiger partial charge in [-0.15, -0.1) is 0 Å². The molecule has 0 radical (unpaired) electrons. The maximum absolute atomic E-state index is 12.5. The molecule has 0 saturated heterocycles. The van der Waals surface area contributed by atoms with Gasteiger partial charge in [0.2, 0.25) is 0 Å². The molecular weight excluding hydrogens is 338 g/mol. The second kappa shape index (κ2) is 6.50. The van der Waals surface area contributed by atoms with E-state index in [0.29, 0.717) is 13.0 Å². The van der Waals surface area contributed by atoms with Gasteiger partial charge in [-0.05, 0) is 60.8 Å². The number of aryl methyl sites for hydroxylation is 1. The molecule has 26 heavy (non-hydrogen) atoms. The van der Waals surface area contributed by atoms with E-state index in [2.05, 4.69) is 76.7 Å². The van der Waals surface area contributed by atoms with Gasteiger partial charge in [-0.2, -0.15) is 0 Å². The molecule has 0 atom stereocenters. The first kappa shape index (κ1) is 19.1. The summed E-state index contributed by atoms with van der Waals surface area (Å²) < 4.78 is 8.63. The number of aromatic nitrogens is 1. The Morgan fingerprint density at radius 2 is 1.85 bits per heavy atom. The number of hydrogen-bond donors (Lipinski definition) is 0. The standard InChI is InChI=1S/C22H31NO2Si/c1-15-9-8-10-21(24)19-12-16-11-17(23(5)20(16)13-18(15)19)14-25-26(6,7)22(2,3)4/h9,11-13H,8,10,14H2,1-7H3. The number of fused-ring (bicyclic) bond motifs is 2. The minimum Gasteiger partial charge on any atom is -0.411 e. The van der Waals surface area contributed by atoms with Crippen LogP contribution in [0.3, 0.4) is 0 Å². The lowest BCUT2D eigenvalue weighted by molar-refractivity contribution is 0.0984. The van der Waals surface area contributed by atoms with Crippen LogP contribution in [-0.4, -0.2) is 18.7 Å². The van der Waals surface area contributed by atoms with E-state index in [1.807, 2.05) is 0 Å². The Morgan fingerprint density at radius 1 is 1.15 bits per heavy atom. The molecule has 1 aliphatic rings. The normalized spacial score (nSPS) is 15.8. The number of carbonyl (C=O) groups is 1. The molecule has 0 saturated carbocycles. The average molecular weight is 370 g/mol. The maximum atomic E-state index is 12.5. The molecule has 0 amide bonds. The number of benzene rings is 1. The lowest BCUT2D eigenvalue weighted by Crippen LogP contribution is -2.40. The molecule has 0 unspecified atom stereocenters. The van der Waals surface area contributed by atoms with Gasteiger partial charge in [0.25, 0.3) is 0 Å². The third-order valence-corrected chi connectivity index (χ3v) is 10.7. The van der Waals surface area contributed by atoms with Gasteiger partial charge in [0, 0.05) is 35.6 Å². The van der Waals surface area contributed by atoms with E-state index >= 15 is 0 Å². The van der Waals surface area contributed by atoms with Crippen LogP contribution in [0, 0.1) is 0 Å². The van der Waals surface area contributed by atoms with Crippen LogP contribution in [0.4, 0.5) is 0 Å². The molecule has 3 nitrogen and oxygen atoms in total. The first-order valence-corrected chi connectivity index (χ1v) is 12.4. The molecule has 0 aliphatic heterocycles. The molecule has 0 spiro atoms. The van der Waals surface area contributed by atoms with Crippen molar-refractivity contribution in [3.05, 3.63) is 41.1 Å². The predicted molar refractivity (Wildman–Crippen MR) is 112 cm³/mol. The molecule has 1 aliphatic carbocycles. The van der Waals surface area contributed by atoms with Crippen LogP contribution in [0.1, 0.15) is 62.2 Å². The maximum Gasteiger partial charge on any atom is 0.192 e. The Hall–Kier alpha value is -1.65. The largest absolute Gasteiger partial charge is 0.411 e. The third-order valence-electron chi connectivity index (χ3n) is 6.22. The first-order chi connectivity index (χ1) is 12.0. The predicted octanol–water partition coefficient (Wildman–Crippen LogP) is 6.08. The number of nitrogens with zero attached hydrogens (tertiary/aromatic N) is 1. The zero-order valence-electron chi connectivity index (χ0n) is 17.2. The van der Waals surface area contributed by atoms with Crippen LogP contribution in [0.15, 0.2) is 24.3 Å². The molecule has 140 valence electrons. The van der Waals surface area contributed by atoms with Crippen molar-refractivity contribution in [2.24, 2.45) is 7.05 Å². The highest BCUT2D eigenvalue weighted by atomic mass is 28.4. The summed E-state index contributed by atoms with van der Waals surface area (Å²) in [6.45, 7) is 14.1. The molecule has 4 heteroatoms. The monoisotopic (exact) mass is 369 g/mol. The summed E-state index contributed by atoms with van der Waals surface area (Å²) in [4.78, 5) is 12.5. The SMILES string of the molecule is CC1=CCCC(=O)c2cc3cc(CO[Si](C)(C)C(C)(C)C)n(C)c3cc21. The van der Waals surface area contributed by atoms with Crippen molar-refractivity contribution < 1.29 is 9.22 Å². The zero-order valence-corrected chi connectivity index (χ0v) is 18.2. The molecule has 1 aromatic carbocycles. The fourth-order valence-electron chi connectivity index (χ4n) is 3.27. The third kappa shape index (κ3) is 3.32. The summed E-state index contributed by atoms with van der Waals surface area (Å²) in [6.07, 6.45) is 3.62. The van der Waals surface area contributed by atoms with Crippen LogP contribution >= 0.6 is 0 Å². The molecule has 1 heterocycles. The fraction of sp³-hybridized carbons (Fsp3) is 0.500. The van der Waals surface area contributed by atoms with Gasteiger partial charge < -0.3 is 8.99 Å². The number of allylic oxidation sites excluding steroid dienone is 2. The highest BCUT2D eigenvalue weighted by Gasteiger charge is 2.37. The summed E-state index contributed by atoms with van der Waals surface area (Å²) in [5, 5.41) is 1.33. The zero-order chi connectivity index (χ0) is 19.3.